The van der Waals surface area contributed by atoms with E-state index in [9.17, 15) is 4.79 Å². The summed E-state index contributed by atoms with van der Waals surface area (Å²) in [5, 5.41) is 0. The topological polar surface area (TPSA) is 26.3 Å². The summed E-state index contributed by atoms with van der Waals surface area (Å²) in [6.07, 6.45) is 8.69. The second kappa shape index (κ2) is 10.6. The van der Waals surface area contributed by atoms with Crippen LogP contribution in [0.5, 0.6) is 5.75 Å². The minimum atomic E-state index is -0.304. The third-order valence-electron chi connectivity index (χ3n) is 6.75. The first-order valence-electron chi connectivity index (χ1n) is 12.2. The van der Waals surface area contributed by atoms with Crippen molar-refractivity contribution in [1.82, 2.24) is 0 Å². The van der Waals surface area contributed by atoms with Crippen molar-refractivity contribution in [3.63, 3.8) is 0 Å². The van der Waals surface area contributed by atoms with Crippen molar-refractivity contribution >= 4 is 5.97 Å². The van der Waals surface area contributed by atoms with Crippen molar-refractivity contribution in [2.24, 2.45) is 5.92 Å². The highest BCUT2D eigenvalue weighted by Gasteiger charge is 2.25. The normalized spacial score (nSPS) is 17.9. The molecule has 4 rings (SSSR count). The Morgan fingerprint density at radius 3 is 2.34 bits per heavy atom. The van der Waals surface area contributed by atoms with Crippen LogP contribution < -0.4 is 4.74 Å². The zero-order valence-corrected chi connectivity index (χ0v) is 19.3. The van der Waals surface area contributed by atoms with Crippen LogP contribution in [-0.2, 0) is 6.42 Å². The number of ether oxygens (including phenoxy) is 1. The number of esters is 1. The molecule has 1 aliphatic rings. The molecule has 0 spiro atoms. The molecule has 0 amide bonds. The Morgan fingerprint density at radius 1 is 0.875 bits per heavy atom. The van der Waals surface area contributed by atoms with Crippen LogP contribution in [0.15, 0.2) is 72.8 Å². The predicted octanol–water partition coefficient (Wildman–Crippen LogP) is 8.21. The van der Waals surface area contributed by atoms with Gasteiger partial charge in [0.05, 0.1) is 5.56 Å². The molecule has 2 nitrogen and oxygen atoms in total. The van der Waals surface area contributed by atoms with E-state index in [0.29, 0.717) is 17.2 Å². The van der Waals surface area contributed by atoms with E-state index < -0.39 is 0 Å². The van der Waals surface area contributed by atoms with E-state index in [1.54, 1.807) is 0 Å². The number of hydrogen-bond donors (Lipinski definition) is 0. The summed E-state index contributed by atoms with van der Waals surface area (Å²) >= 11 is 0. The van der Waals surface area contributed by atoms with Gasteiger partial charge in [0.15, 0.2) is 0 Å². The molecule has 2 atom stereocenters. The lowest BCUT2D eigenvalue weighted by molar-refractivity contribution is 0.0735. The number of aryl methyl sites for hydroxylation is 1. The predicted molar refractivity (Wildman–Crippen MR) is 132 cm³/mol. The number of rotatable bonds is 8. The summed E-state index contributed by atoms with van der Waals surface area (Å²) in [5.41, 5.74) is 5.28. The van der Waals surface area contributed by atoms with E-state index in [2.05, 4.69) is 50.2 Å². The summed E-state index contributed by atoms with van der Waals surface area (Å²) in [6, 6.07) is 24.4. The zero-order chi connectivity index (χ0) is 22.3. The van der Waals surface area contributed by atoms with Gasteiger partial charge in [0.2, 0.25) is 0 Å². The molecule has 1 aliphatic carbocycles. The molecular formula is C30H34O2. The molecule has 0 aliphatic heterocycles. The standard InChI is InChI=1S/C30H34O2/c1-3-7-22-11-14-25(15-12-22)28-9-5-6-10-29(28)32-30(31)26-19-17-24(18-20-26)27-16-13-23(21-27)8-4-2/h5-6,9-12,14-15,17-20,23,27H,3-4,7-8,13,16,21H2,1-2H3/t23-,27-/m0/s1. The zero-order valence-electron chi connectivity index (χ0n) is 19.3. The molecule has 2 heteroatoms. The highest BCUT2D eigenvalue weighted by atomic mass is 16.5. The lowest BCUT2D eigenvalue weighted by Gasteiger charge is -2.13. The molecule has 32 heavy (non-hydrogen) atoms. The molecule has 0 aromatic heterocycles. The number of para-hydroxylation sites is 1. The molecule has 3 aromatic carbocycles. The minimum absolute atomic E-state index is 0.304. The molecular weight excluding hydrogens is 392 g/mol. The molecule has 0 saturated heterocycles. The van der Waals surface area contributed by atoms with Crippen LogP contribution in [0.25, 0.3) is 11.1 Å². The Hall–Kier alpha value is -2.87. The molecule has 166 valence electrons. The lowest BCUT2D eigenvalue weighted by Crippen LogP contribution is -2.09. The summed E-state index contributed by atoms with van der Waals surface area (Å²) in [6.45, 7) is 4.46. The third-order valence-corrected chi connectivity index (χ3v) is 6.75. The van der Waals surface area contributed by atoms with Gasteiger partial charge in [-0.3, -0.25) is 0 Å². The van der Waals surface area contributed by atoms with Gasteiger partial charge in [-0.05, 0) is 72.4 Å². The van der Waals surface area contributed by atoms with Gasteiger partial charge < -0.3 is 4.74 Å². The Balaban J connectivity index is 1.45. The second-order valence-electron chi connectivity index (χ2n) is 9.12. The molecule has 0 bridgehead atoms. The average Bonchev–Trinajstić information content (AvgIpc) is 3.29. The fraction of sp³-hybridized carbons (Fsp3) is 0.367. The summed E-state index contributed by atoms with van der Waals surface area (Å²) in [7, 11) is 0. The Kier molecular flexibility index (Phi) is 7.42. The Bertz CT molecular complexity index is 1020. The smallest absolute Gasteiger partial charge is 0.343 e. The number of carbonyl (C=O) groups excluding carboxylic acids is 1. The van der Waals surface area contributed by atoms with E-state index in [0.717, 1.165) is 29.9 Å². The maximum Gasteiger partial charge on any atom is 0.343 e. The van der Waals surface area contributed by atoms with Gasteiger partial charge in [-0.1, -0.05) is 87.7 Å². The maximum atomic E-state index is 12.9. The van der Waals surface area contributed by atoms with Gasteiger partial charge in [0.1, 0.15) is 5.75 Å². The van der Waals surface area contributed by atoms with Gasteiger partial charge in [0, 0.05) is 5.56 Å². The highest BCUT2D eigenvalue weighted by Crippen LogP contribution is 2.40. The maximum absolute atomic E-state index is 12.9. The fourth-order valence-corrected chi connectivity index (χ4v) is 5.03. The van der Waals surface area contributed by atoms with Crippen molar-refractivity contribution in [2.45, 2.75) is 64.7 Å². The molecule has 0 unspecified atom stereocenters. The fourth-order valence-electron chi connectivity index (χ4n) is 5.03. The number of benzene rings is 3. The number of hydrogen-bond acceptors (Lipinski definition) is 2. The molecule has 0 heterocycles. The Morgan fingerprint density at radius 2 is 1.62 bits per heavy atom. The van der Waals surface area contributed by atoms with Gasteiger partial charge in [0.25, 0.3) is 0 Å². The van der Waals surface area contributed by atoms with Crippen LogP contribution in [0.4, 0.5) is 0 Å². The molecule has 0 radical (unpaired) electrons. The molecule has 0 N–H and O–H groups in total. The van der Waals surface area contributed by atoms with Crippen LogP contribution in [0.3, 0.4) is 0 Å². The van der Waals surface area contributed by atoms with Crippen molar-refractivity contribution in [1.29, 1.82) is 0 Å². The van der Waals surface area contributed by atoms with Gasteiger partial charge in [-0.2, -0.15) is 0 Å². The highest BCUT2D eigenvalue weighted by molar-refractivity contribution is 5.92. The van der Waals surface area contributed by atoms with Gasteiger partial charge >= 0.3 is 5.97 Å². The summed E-state index contributed by atoms with van der Waals surface area (Å²) < 4.78 is 5.84. The number of carbonyl (C=O) groups is 1. The lowest BCUT2D eigenvalue weighted by atomic mass is 9.94. The van der Waals surface area contributed by atoms with Gasteiger partial charge in [-0.15, -0.1) is 0 Å². The van der Waals surface area contributed by atoms with Crippen LogP contribution in [0.2, 0.25) is 0 Å². The van der Waals surface area contributed by atoms with Crippen molar-refractivity contribution < 1.29 is 9.53 Å². The Labute approximate surface area is 192 Å². The van der Waals surface area contributed by atoms with Crippen LogP contribution in [-0.4, -0.2) is 5.97 Å². The third kappa shape index (κ3) is 5.30. The largest absolute Gasteiger partial charge is 0.422 e. The molecule has 3 aromatic rings. The van der Waals surface area contributed by atoms with E-state index >= 15 is 0 Å². The monoisotopic (exact) mass is 426 g/mol. The van der Waals surface area contributed by atoms with Crippen molar-refractivity contribution in [2.75, 3.05) is 0 Å². The van der Waals surface area contributed by atoms with E-state index in [1.807, 2.05) is 36.4 Å². The minimum Gasteiger partial charge on any atom is -0.422 e. The first-order chi connectivity index (χ1) is 15.7. The second-order valence-corrected chi connectivity index (χ2v) is 9.12. The van der Waals surface area contributed by atoms with E-state index in [1.165, 1.54) is 43.2 Å². The van der Waals surface area contributed by atoms with Crippen LogP contribution >= 0.6 is 0 Å². The first kappa shape index (κ1) is 22.3. The summed E-state index contributed by atoms with van der Waals surface area (Å²) in [5.74, 6) is 1.79. The molecule has 1 fully saturated rings. The molecule has 1 saturated carbocycles. The van der Waals surface area contributed by atoms with Gasteiger partial charge in [-0.25, -0.2) is 4.79 Å². The van der Waals surface area contributed by atoms with Crippen LogP contribution in [0.1, 0.15) is 79.8 Å². The summed E-state index contributed by atoms with van der Waals surface area (Å²) in [4.78, 5) is 12.9. The van der Waals surface area contributed by atoms with E-state index in [4.69, 9.17) is 4.74 Å². The first-order valence-corrected chi connectivity index (χ1v) is 12.2. The average molecular weight is 427 g/mol. The van der Waals surface area contributed by atoms with Crippen molar-refractivity contribution in [3.05, 3.63) is 89.5 Å². The van der Waals surface area contributed by atoms with E-state index in [-0.39, 0.29) is 5.97 Å². The SMILES string of the molecule is CCCc1ccc(-c2ccccc2OC(=O)c2ccc([C@H]3CC[C@H](CCC)C3)cc2)cc1. The van der Waals surface area contributed by atoms with Crippen molar-refractivity contribution in [3.8, 4) is 16.9 Å². The van der Waals surface area contributed by atoms with Crippen LogP contribution in [0, 0.1) is 5.92 Å². The quantitative estimate of drug-likeness (QED) is 0.268.